The van der Waals surface area contributed by atoms with Crippen molar-refractivity contribution >= 4 is 11.9 Å². The van der Waals surface area contributed by atoms with E-state index in [0.717, 1.165) is 14.2 Å². The first kappa shape index (κ1) is 15.3. The van der Waals surface area contributed by atoms with Gasteiger partial charge in [0.15, 0.2) is 0 Å². The van der Waals surface area contributed by atoms with Crippen molar-refractivity contribution in [2.24, 2.45) is 0 Å². The predicted octanol–water partition coefficient (Wildman–Crippen LogP) is 1.12. The molecule has 1 heterocycles. The van der Waals surface area contributed by atoms with Gasteiger partial charge in [0.1, 0.15) is 16.9 Å². The number of carbonyl (C=O) groups is 2. The van der Waals surface area contributed by atoms with E-state index >= 15 is 0 Å². The second-order valence-corrected chi connectivity index (χ2v) is 4.29. The van der Waals surface area contributed by atoms with Gasteiger partial charge in [-0.2, -0.15) is 0 Å². The number of esters is 2. The van der Waals surface area contributed by atoms with Gasteiger partial charge in [-0.25, -0.2) is 9.59 Å². The minimum absolute atomic E-state index is 0.0854. The Balaban J connectivity index is 2.76. The standard InChI is InChI=1S/C15H13NO6/c1-21-14(19)9-7-16(11-5-3-4-6-12(11)17)8-10(13(9)18)15(20)22-2/h3-8,17H,1-2H3. The number of para-hydroxylation sites is 2. The zero-order valence-corrected chi connectivity index (χ0v) is 11.9. The monoisotopic (exact) mass is 303 g/mol. The van der Waals surface area contributed by atoms with Crippen LogP contribution in [0, 0.1) is 0 Å². The molecular weight excluding hydrogens is 290 g/mol. The number of phenols is 1. The van der Waals surface area contributed by atoms with Gasteiger partial charge in [0, 0.05) is 12.4 Å². The Kier molecular flexibility index (Phi) is 4.26. The summed E-state index contributed by atoms with van der Waals surface area (Å²) in [5.41, 5.74) is -1.19. The molecule has 22 heavy (non-hydrogen) atoms. The molecule has 1 N–H and O–H groups in total. The van der Waals surface area contributed by atoms with E-state index in [4.69, 9.17) is 0 Å². The molecule has 0 bridgehead atoms. The average molecular weight is 303 g/mol. The fourth-order valence-corrected chi connectivity index (χ4v) is 1.91. The van der Waals surface area contributed by atoms with Crippen LogP contribution in [0.3, 0.4) is 0 Å². The van der Waals surface area contributed by atoms with E-state index in [-0.39, 0.29) is 22.6 Å². The number of nitrogens with zero attached hydrogens (tertiary/aromatic N) is 1. The van der Waals surface area contributed by atoms with Gasteiger partial charge in [-0.3, -0.25) is 4.79 Å². The highest BCUT2D eigenvalue weighted by Gasteiger charge is 2.21. The van der Waals surface area contributed by atoms with E-state index in [2.05, 4.69) is 9.47 Å². The molecule has 0 fully saturated rings. The predicted molar refractivity (Wildman–Crippen MR) is 76.4 cm³/mol. The van der Waals surface area contributed by atoms with Crippen molar-refractivity contribution in [3.63, 3.8) is 0 Å². The lowest BCUT2D eigenvalue weighted by molar-refractivity contribution is 0.0594. The van der Waals surface area contributed by atoms with Crippen LogP contribution in [0.25, 0.3) is 5.69 Å². The number of aromatic hydroxyl groups is 1. The summed E-state index contributed by atoms with van der Waals surface area (Å²) in [6, 6.07) is 6.26. The molecule has 0 amide bonds. The molecule has 7 heteroatoms. The van der Waals surface area contributed by atoms with Gasteiger partial charge in [0.2, 0.25) is 5.43 Å². The van der Waals surface area contributed by atoms with Crippen molar-refractivity contribution in [2.45, 2.75) is 0 Å². The Labute approximate surface area is 125 Å². The molecule has 0 atom stereocenters. The summed E-state index contributed by atoms with van der Waals surface area (Å²) >= 11 is 0. The van der Waals surface area contributed by atoms with Gasteiger partial charge in [-0.1, -0.05) is 12.1 Å². The summed E-state index contributed by atoms with van der Waals surface area (Å²) in [5, 5.41) is 9.88. The number of carbonyl (C=O) groups excluding carboxylic acids is 2. The summed E-state index contributed by atoms with van der Waals surface area (Å²) in [6.45, 7) is 0. The van der Waals surface area contributed by atoms with Gasteiger partial charge < -0.3 is 19.1 Å². The van der Waals surface area contributed by atoms with E-state index in [1.165, 1.54) is 23.0 Å². The van der Waals surface area contributed by atoms with E-state index in [1.54, 1.807) is 18.2 Å². The van der Waals surface area contributed by atoms with Gasteiger partial charge in [0.25, 0.3) is 0 Å². The number of hydrogen-bond acceptors (Lipinski definition) is 6. The van der Waals surface area contributed by atoms with Crippen LogP contribution < -0.4 is 5.43 Å². The third-order valence-electron chi connectivity index (χ3n) is 3.00. The average Bonchev–Trinajstić information content (AvgIpc) is 2.54. The maximum Gasteiger partial charge on any atom is 0.343 e. The van der Waals surface area contributed by atoms with Crippen molar-refractivity contribution in [3.8, 4) is 11.4 Å². The number of hydrogen-bond donors (Lipinski definition) is 1. The van der Waals surface area contributed by atoms with Crippen molar-refractivity contribution in [1.29, 1.82) is 0 Å². The summed E-state index contributed by atoms with van der Waals surface area (Å²) in [5.74, 6) is -1.86. The maximum absolute atomic E-state index is 12.2. The Morgan fingerprint density at radius 2 is 1.50 bits per heavy atom. The quantitative estimate of drug-likeness (QED) is 0.854. The molecule has 0 aliphatic carbocycles. The van der Waals surface area contributed by atoms with E-state index in [9.17, 15) is 19.5 Å². The molecule has 1 aromatic carbocycles. The Hall–Kier alpha value is -3.09. The minimum atomic E-state index is -0.889. The Bertz CT molecular complexity index is 753. The fraction of sp³-hybridized carbons (Fsp3) is 0.133. The lowest BCUT2D eigenvalue weighted by Gasteiger charge is -2.11. The number of phenolic OH excluding ortho intramolecular Hbond substituents is 1. The third kappa shape index (κ3) is 2.69. The molecule has 0 saturated heterocycles. The van der Waals surface area contributed by atoms with E-state index in [0.29, 0.717) is 0 Å². The van der Waals surface area contributed by atoms with Crippen molar-refractivity contribution < 1.29 is 24.2 Å². The van der Waals surface area contributed by atoms with Gasteiger partial charge in [-0.05, 0) is 12.1 Å². The maximum atomic E-state index is 12.2. The molecule has 1 aromatic heterocycles. The zero-order valence-electron chi connectivity index (χ0n) is 11.9. The third-order valence-corrected chi connectivity index (χ3v) is 3.00. The molecule has 0 unspecified atom stereocenters. The number of benzene rings is 1. The van der Waals surface area contributed by atoms with Crippen LogP contribution >= 0.6 is 0 Å². The normalized spacial score (nSPS) is 10.1. The molecule has 0 radical (unpaired) electrons. The number of ether oxygens (including phenoxy) is 2. The van der Waals surface area contributed by atoms with Crippen molar-refractivity contribution in [2.75, 3.05) is 14.2 Å². The van der Waals surface area contributed by atoms with Crippen LogP contribution in [0.5, 0.6) is 5.75 Å². The van der Waals surface area contributed by atoms with Crippen molar-refractivity contribution in [1.82, 2.24) is 4.57 Å². The second kappa shape index (κ2) is 6.13. The topological polar surface area (TPSA) is 94.8 Å². The first-order valence-electron chi connectivity index (χ1n) is 6.21. The van der Waals surface area contributed by atoms with Crippen LogP contribution in [-0.4, -0.2) is 35.8 Å². The summed E-state index contributed by atoms with van der Waals surface area (Å²) in [6.07, 6.45) is 2.38. The Morgan fingerprint density at radius 1 is 1.00 bits per heavy atom. The lowest BCUT2D eigenvalue weighted by Crippen LogP contribution is -2.25. The van der Waals surface area contributed by atoms with Crippen LogP contribution in [0.15, 0.2) is 41.5 Å². The van der Waals surface area contributed by atoms with E-state index < -0.39 is 17.4 Å². The first-order chi connectivity index (χ1) is 10.5. The largest absolute Gasteiger partial charge is 0.506 e. The second-order valence-electron chi connectivity index (χ2n) is 4.29. The molecule has 0 spiro atoms. The highest BCUT2D eigenvalue weighted by molar-refractivity contribution is 5.94. The number of rotatable bonds is 3. The molecule has 0 saturated carbocycles. The number of aromatic nitrogens is 1. The van der Waals surface area contributed by atoms with Gasteiger partial charge >= 0.3 is 11.9 Å². The number of methoxy groups -OCH3 is 2. The highest BCUT2D eigenvalue weighted by atomic mass is 16.5. The lowest BCUT2D eigenvalue weighted by atomic mass is 10.1. The molecule has 0 aliphatic rings. The SMILES string of the molecule is COC(=O)c1cn(-c2ccccc2O)cc(C(=O)OC)c1=O. The summed E-state index contributed by atoms with van der Waals surface area (Å²) in [7, 11) is 2.24. The van der Waals surface area contributed by atoms with Gasteiger partial charge in [0.05, 0.1) is 19.9 Å². The van der Waals surface area contributed by atoms with Crippen molar-refractivity contribution in [3.05, 3.63) is 58.0 Å². The fourth-order valence-electron chi connectivity index (χ4n) is 1.91. The van der Waals surface area contributed by atoms with Crippen LogP contribution in [-0.2, 0) is 9.47 Å². The van der Waals surface area contributed by atoms with Gasteiger partial charge in [-0.15, -0.1) is 0 Å². The zero-order chi connectivity index (χ0) is 16.3. The summed E-state index contributed by atoms with van der Waals surface area (Å²) < 4.78 is 10.4. The summed E-state index contributed by atoms with van der Waals surface area (Å²) in [4.78, 5) is 35.6. The molecule has 0 aliphatic heterocycles. The van der Waals surface area contributed by atoms with Crippen LogP contribution in [0.4, 0.5) is 0 Å². The van der Waals surface area contributed by atoms with Crippen LogP contribution in [0.1, 0.15) is 20.7 Å². The number of pyridine rings is 1. The molecule has 114 valence electrons. The Morgan fingerprint density at radius 3 is 1.95 bits per heavy atom. The first-order valence-corrected chi connectivity index (χ1v) is 6.21. The van der Waals surface area contributed by atoms with Crippen LogP contribution in [0.2, 0.25) is 0 Å². The van der Waals surface area contributed by atoms with E-state index in [1.807, 2.05) is 0 Å². The smallest absolute Gasteiger partial charge is 0.343 e. The molecular formula is C15H13NO6. The minimum Gasteiger partial charge on any atom is -0.506 e. The highest BCUT2D eigenvalue weighted by Crippen LogP contribution is 2.21. The molecule has 2 rings (SSSR count). The molecule has 7 nitrogen and oxygen atoms in total. The molecule has 2 aromatic rings.